The van der Waals surface area contributed by atoms with Crippen molar-refractivity contribution in [2.24, 2.45) is 0 Å². The van der Waals surface area contributed by atoms with E-state index in [-0.39, 0.29) is 18.5 Å². The van der Waals surface area contributed by atoms with Gasteiger partial charge in [0.1, 0.15) is 0 Å². The monoisotopic (exact) mass is 820 g/mol. The molecule has 0 radical (unpaired) electrons. The number of aliphatic hydroxyl groups excluding tert-OH is 2. The molecular weight excluding hydrogens is 719 g/mol. The Labute approximate surface area is 361 Å². The highest BCUT2D eigenvalue weighted by Gasteiger charge is 2.18. The molecule has 3 N–H and O–H groups in total. The summed E-state index contributed by atoms with van der Waals surface area (Å²) in [5.41, 5.74) is 0. The lowest BCUT2D eigenvalue weighted by Crippen LogP contribution is -2.45. The topological polar surface area (TPSA) is 95.9 Å². The van der Waals surface area contributed by atoms with E-state index in [9.17, 15) is 19.8 Å². The fourth-order valence-electron chi connectivity index (χ4n) is 8.05. The van der Waals surface area contributed by atoms with Crippen LogP contribution in [0.25, 0.3) is 0 Å². The van der Waals surface area contributed by atoms with Crippen LogP contribution in [0, 0.1) is 0 Å². The molecule has 0 heterocycles. The van der Waals surface area contributed by atoms with Crippen LogP contribution in [0.1, 0.15) is 284 Å². The molecule has 0 fully saturated rings. The van der Waals surface area contributed by atoms with E-state index in [1.165, 1.54) is 199 Å². The van der Waals surface area contributed by atoms with Gasteiger partial charge in [-0.05, 0) is 32.1 Å². The molecule has 0 saturated heterocycles. The number of amides is 1. The van der Waals surface area contributed by atoms with Crippen LogP contribution < -0.4 is 5.32 Å². The van der Waals surface area contributed by atoms with Crippen LogP contribution in [0.15, 0.2) is 12.2 Å². The summed E-state index contributed by atoms with van der Waals surface area (Å²) in [4.78, 5) is 24.4. The van der Waals surface area contributed by atoms with Gasteiger partial charge in [0.15, 0.2) is 0 Å². The molecule has 6 heteroatoms. The Bertz CT molecular complexity index is 863. The van der Waals surface area contributed by atoms with E-state index in [1.807, 2.05) is 6.08 Å². The third-order valence-electron chi connectivity index (χ3n) is 12.1. The van der Waals surface area contributed by atoms with E-state index < -0.39 is 12.1 Å². The zero-order valence-electron chi connectivity index (χ0n) is 39.0. The van der Waals surface area contributed by atoms with Gasteiger partial charge in [-0.25, -0.2) is 0 Å². The van der Waals surface area contributed by atoms with Gasteiger partial charge in [-0.3, -0.25) is 9.59 Å². The molecule has 58 heavy (non-hydrogen) atoms. The number of hydrogen-bond acceptors (Lipinski definition) is 5. The Morgan fingerprint density at radius 2 is 0.793 bits per heavy atom. The summed E-state index contributed by atoms with van der Waals surface area (Å²) in [6.07, 6.45) is 54.9. The van der Waals surface area contributed by atoms with E-state index in [0.717, 1.165) is 57.8 Å². The second-order valence-electron chi connectivity index (χ2n) is 17.9. The van der Waals surface area contributed by atoms with Gasteiger partial charge in [0.25, 0.3) is 0 Å². The van der Waals surface area contributed by atoms with Gasteiger partial charge in [0.05, 0.1) is 25.4 Å². The van der Waals surface area contributed by atoms with Crippen LogP contribution in [0.2, 0.25) is 0 Å². The number of aliphatic hydroxyl groups is 2. The van der Waals surface area contributed by atoms with Gasteiger partial charge in [0, 0.05) is 12.8 Å². The summed E-state index contributed by atoms with van der Waals surface area (Å²) in [6.45, 7) is 4.86. The Balaban J connectivity index is 3.52. The summed E-state index contributed by atoms with van der Waals surface area (Å²) >= 11 is 0. The number of nitrogens with one attached hydrogen (secondary N) is 1. The Morgan fingerprint density at radius 1 is 0.466 bits per heavy atom. The van der Waals surface area contributed by atoms with E-state index in [4.69, 9.17) is 4.74 Å². The number of allylic oxidation sites excluding steroid dienone is 1. The van der Waals surface area contributed by atoms with Crippen molar-refractivity contribution in [3.05, 3.63) is 12.2 Å². The first-order chi connectivity index (χ1) is 28.5. The van der Waals surface area contributed by atoms with Crippen molar-refractivity contribution >= 4 is 11.9 Å². The molecule has 2 atom stereocenters. The Morgan fingerprint density at radius 3 is 1.17 bits per heavy atom. The molecular formula is C52H101NO5. The average molecular weight is 820 g/mol. The minimum absolute atomic E-state index is 0.0197. The van der Waals surface area contributed by atoms with Crippen molar-refractivity contribution in [1.82, 2.24) is 5.32 Å². The molecule has 0 aromatic rings. The van der Waals surface area contributed by atoms with Gasteiger partial charge < -0.3 is 20.3 Å². The van der Waals surface area contributed by atoms with Crippen LogP contribution in [-0.4, -0.2) is 47.4 Å². The average Bonchev–Trinajstić information content (AvgIpc) is 3.22. The minimum atomic E-state index is -0.858. The smallest absolute Gasteiger partial charge is 0.305 e. The van der Waals surface area contributed by atoms with Gasteiger partial charge in [-0.2, -0.15) is 0 Å². The largest absolute Gasteiger partial charge is 0.466 e. The lowest BCUT2D eigenvalue weighted by molar-refractivity contribution is -0.143. The molecule has 0 bridgehead atoms. The maximum Gasteiger partial charge on any atom is 0.305 e. The van der Waals surface area contributed by atoms with E-state index in [1.54, 1.807) is 6.08 Å². The molecule has 2 unspecified atom stereocenters. The predicted octanol–water partition coefficient (Wildman–Crippen LogP) is 15.3. The number of esters is 1. The van der Waals surface area contributed by atoms with Crippen molar-refractivity contribution in [2.75, 3.05) is 13.2 Å². The van der Waals surface area contributed by atoms with Crippen LogP contribution in [0.3, 0.4) is 0 Å². The number of hydrogen-bond donors (Lipinski definition) is 3. The SMILES string of the molecule is CCCCCCCCCCCCCCCCCCC/C=C/C(O)C(CO)NC(=O)CCCCCCCCCCCCOC(=O)CCCCCCCCCCCCCC. The molecule has 0 aromatic carbocycles. The Kier molecular flexibility index (Phi) is 47.1. The summed E-state index contributed by atoms with van der Waals surface area (Å²) in [5, 5.41) is 23.1. The van der Waals surface area contributed by atoms with E-state index in [2.05, 4.69) is 19.2 Å². The van der Waals surface area contributed by atoms with Crippen molar-refractivity contribution in [3.63, 3.8) is 0 Å². The van der Waals surface area contributed by atoms with Crippen LogP contribution in [0.4, 0.5) is 0 Å². The number of unbranched alkanes of at least 4 members (excludes halogenated alkanes) is 37. The minimum Gasteiger partial charge on any atom is -0.466 e. The van der Waals surface area contributed by atoms with E-state index >= 15 is 0 Å². The maximum atomic E-state index is 12.4. The first-order valence-electron chi connectivity index (χ1n) is 26.0. The second kappa shape index (κ2) is 48.3. The van der Waals surface area contributed by atoms with Crippen LogP contribution in [-0.2, 0) is 14.3 Å². The highest BCUT2D eigenvalue weighted by Crippen LogP contribution is 2.16. The molecule has 0 aromatic heterocycles. The van der Waals surface area contributed by atoms with E-state index in [0.29, 0.717) is 19.4 Å². The zero-order chi connectivity index (χ0) is 42.3. The standard InChI is InChI=1S/C52H101NO5/c1-3-5-7-9-11-13-15-17-18-19-20-21-22-23-24-28-32-36-40-44-50(55)49(48-54)53-51(56)45-41-37-33-29-26-27-31-35-39-43-47-58-52(57)46-42-38-34-30-25-16-14-12-10-8-6-4-2/h40,44,49-50,54-55H,3-39,41-43,45-48H2,1-2H3,(H,53,56)/b44-40+. The molecule has 344 valence electrons. The van der Waals surface area contributed by atoms with Crippen molar-refractivity contribution in [1.29, 1.82) is 0 Å². The molecule has 1 amide bonds. The summed E-state index contributed by atoms with van der Waals surface area (Å²) in [7, 11) is 0. The lowest BCUT2D eigenvalue weighted by atomic mass is 10.0. The summed E-state index contributed by atoms with van der Waals surface area (Å²) in [5.74, 6) is -0.108. The second-order valence-corrected chi connectivity index (χ2v) is 17.9. The van der Waals surface area contributed by atoms with Crippen LogP contribution >= 0.6 is 0 Å². The summed E-state index contributed by atoms with van der Waals surface area (Å²) in [6, 6.07) is -0.643. The van der Waals surface area contributed by atoms with Crippen LogP contribution in [0.5, 0.6) is 0 Å². The zero-order valence-corrected chi connectivity index (χ0v) is 39.0. The van der Waals surface area contributed by atoms with Gasteiger partial charge >= 0.3 is 5.97 Å². The molecule has 0 aliphatic heterocycles. The van der Waals surface area contributed by atoms with Crippen molar-refractivity contribution < 1.29 is 24.5 Å². The third kappa shape index (κ3) is 44.2. The molecule has 0 rings (SSSR count). The van der Waals surface area contributed by atoms with Crippen molar-refractivity contribution in [3.8, 4) is 0 Å². The third-order valence-corrected chi connectivity index (χ3v) is 12.1. The number of carbonyl (C=O) groups excluding carboxylic acids is 2. The number of ether oxygens (including phenoxy) is 1. The predicted molar refractivity (Wildman–Crippen MR) is 250 cm³/mol. The van der Waals surface area contributed by atoms with Crippen molar-refractivity contribution in [2.45, 2.75) is 296 Å². The highest BCUT2D eigenvalue weighted by atomic mass is 16.5. The van der Waals surface area contributed by atoms with Gasteiger partial charge in [0.2, 0.25) is 5.91 Å². The van der Waals surface area contributed by atoms with Gasteiger partial charge in [-0.15, -0.1) is 0 Å². The molecule has 0 aliphatic rings. The normalized spacial score (nSPS) is 12.7. The number of carbonyl (C=O) groups is 2. The Hall–Kier alpha value is -1.40. The lowest BCUT2D eigenvalue weighted by Gasteiger charge is -2.20. The quantitative estimate of drug-likeness (QED) is 0.0323. The van der Waals surface area contributed by atoms with Gasteiger partial charge in [-0.1, -0.05) is 251 Å². The molecule has 0 spiro atoms. The highest BCUT2D eigenvalue weighted by molar-refractivity contribution is 5.76. The maximum absolute atomic E-state index is 12.4. The molecule has 0 aliphatic carbocycles. The first kappa shape index (κ1) is 56.6. The fourth-order valence-corrected chi connectivity index (χ4v) is 8.05. The molecule has 0 saturated carbocycles. The fraction of sp³-hybridized carbons (Fsp3) is 0.923. The number of rotatable bonds is 48. The molecule has 6 nitrogen and oxygen atoms in total. The first-order valence-corrected chi connectivity index (χ1v) is 26.0. The summed E-state index contributed by atoms with van der Waals surface area (Å²) < 4.78 is 5.44.